The molecule has 9 heteroatoms. The maximum Gasteiger partial charge on any atom is 0.333 e. The molecular formula is C11H13Cl2NO5S. The van der Waals surface area contributed by atoms with Gasteiger partial charge in [-0.3, -0.25) is 4.18 Å². The smallest absolute Gasteiger partial charge is 0.333 e. The Kier molecular flexibility index (Phi) is 4.91. The van der Waals surface area contributed by atoms with Crippen LogP contribution in [-0.4, -0.2) is 27.4 Å². The number of hydrogen-bond acceptors (Lipinski definition) is 5. The van der Waals surface area contributed by atoms with E-state index >= 15 is 0 Å². The fraction of sp³-hybridized carbons (Fsp3) is 0.455. The third-order valence-electron chi connectivity index (χ3n) is 2.71. The summed E-state index contributed by atoms with van der Waals surface area (Å²) in [4.78, 5) is 0. The number of ether oxygens (including phenoxy) is 2. The molecule has 2 rings (SSSR count). The van der Waals surface area contributed by atoms with Gasteiger partial charge in [0, 0.05) is 15.6 Å². The zero-order valence-corrected chi connectivity index (χ0v) is 12.8. The van der Waals surface area contributed by atoms with Crippen LogP contribution in [0.3, 0.4) is 0 Å². The predicted molar refractivity (Wildman–Crippen MR) is 73.7 cm³/mol. The highest BCUT2D eigenvalue weighted by Crippen LogP contribution is 2.37. The van der Waals surface area contributed by atoms with E-state index in [4.69, 9.17) is 37.8 Å². The summed E-state index contributed by atoms with van der Waals surface area (Å²) in [7, 11) is -4.04. The quantitative estimate of drug-likeness (QED) is 0.904. The van der Waals surface area contributed by atoms with E-state index in [1.807, 2.05) is 0 Å². The molecule has 0 aliphatic carbocycles. The minimum atomic E-state index is -4.04. The van der Waals surface area contributed by atoms with Gasteiger partial charge in [0.1, 0.15) is 12.2 Å². The van der Waals surface area contributed by atoms with Crippen molar-refractivity contribution in [2.75, 3.05) is 6.61 Å². The lowest BCUT2D eigenvalue weighted by Gasteiger charge is -2.17. The van der Waals surface area contributed by atoms with Crippen LogP contribution < -0.4 is 5.14 Å². The van der Waals surface area contributed by atoms with Crippen molar-refractivity contribution in [1.82, 2.24) is 0 Å². The molecule has 3 unspecified atom stereocenters. The van der Waals surface area contributed by atoms with Crippen molar-refractivity contribution in [3.63, 3.8) is 0 Å². The molecule has 0 amide bonds. The van der Waals surface area contributed by atoms with E-state index in [0.717, 1.165) is 0 Å². The van der Waals surface area contributed by atoms with E-state index in [2.05, 4.69) is 4.18 Å². The molecule has 1 heterocycles. The number of hydrogen-bond donors (Lipinski definition) is 1. The molecular weight excluding hydrogens is 329 g/mol. The third kappa shape index (κ3) is 4.05. The second-order valence-electron chi connectivity index (χ2n) is 4.24. The van der Waals surface area contributed by atoms with Crippen molar-refractivity contribution in [1.29, 1.82) is 0 Å². The fourth-order valence-electron chi connectivity index (χ4n) is 1.94. The van der Waals surface area contributed by atoms with Crippen LogP contribution in [0.1, 0.15) is 18.6 Å². The molecule has 1 saturated heterocycles. The van der Waals surface area contributed by atoms with Crippen LogP contribution in [0.15, 0.2) is 18.2 Å². The number of halogens is 2. The molecule has 1 fully saturated rings. The van der Waals surface area contributed by atoms with Gasteiger partial charge in [0.25, 0.3) is 0 Å². The summed E-state index contributed by atoms with van der Waals surface area (Å²) < 4.78 is 37.3. The molecule has 20 heavy (non-hydrogen) atoms. The molecule has 3 atom stereocenters. The first-order valence-corrected chi connectivity index (χ1v) is 7.92. The predicted octanol–water partition coefficient (Wildman–Crippen LogP) is 2.02. The standard InChI is InChI=1S/C11H13Cl2NO5S/c1-6-18-10(5-17-20(14,15)16)11(19-6)8-3-2-7(12)4-9(8)13/h2-4,6,10-11H,5H2,1H3,(H2,14,15,16). The second kappa shape index (κ2) is 6.15. The normalized spacial score (nSPS) is 26.9. The van der Waals surface area contributed by atoms with Gasteiger partial charge in [-0.25, -0.2) is 5.14 Å². The largest absolute Gasteiger partial charge is 0.344 e. The summed E-state index contributed by atoms with van der Waals surface area (Å²) in [6.07, 6.45) is -1.71. The summed E-state index contributed by atoms with van der Waals surface area (Å²) in [6, 6.07) is 4.93. The van der Waals surface area contributed by atoms with Gasteiger partial charge in [0.15, 0.2) is 6.29 Å². The summed E-state index contributed by atoms with van der Waals surface area (Å²) in [5.74, 6) is 0. The molecule has 2 N–H and O–H groups in total. The second-order valence-corrected chi connectivity index (χ2v) is 6.31. The minimum absolute atomic E-state index is 0.257. The monoisotopic (exact) mass is 341 g/mol. The number of rotatable bonds is 4. The van der Waals surface area contributed by atoms with Crippen LogP contribution in [0.4, 0.5) is 0 Å². The van der Waals surface area contributed by atoms with Crippen molar-refractivity contribution in [2.45, 2.75) is 25.4 Å². The molecule has 0 bridgehead atoms. The minimum Gasteiger partial charge on any atom is -0.344 e. The van der Waals surface area contributed by atoms with Gasteiger partial charge in [-0.05, 0) is 19.1 Å². The van der Waals surface area contributed by atoms with E-state index in [0.29, 0.717) is 15.6 Å². The Labute approximate surface area is 127 Å². The van der Waals surface area contributed by atoms with Crippen molar-refractivity contribution in [3.8, 4) is 0 Å². The lowest BCUT2D eigenvalue weighted by atomic mass is 10.1. The van der Waals surface area contributed by atoms with Crippen LogP contribution >= 0.6 is 23.2 Å². The molecule has 1 aliphatic heterocycles. The number of benzene rings is 1. The van der Waals surface area contributed by atoms with Crippen LogP contribution in [0.2, 0.25) is 10.0 Å². The first kappa shape index (κ1) is 16.0. The fourth-order valence-corrected chi connectivity index (χ4v) is 2.78. The van der Waals surface area contributed by atoms with Crippen molar-refractivity contribution in [3.05, 3.63) is 33.8 Å². The average Bonchev–Trinajstić information content (AvgIpc) is 2.67. The molecule has 0 radical (unpaired) electrons. The van der Waals surface area contributed by atoms with E-state index in [9.17, 15) is 8.42 Å². The summed E-state index contributed by atoms with van der Waals surface area (Å²) in [6.45, 7) is 1.43. The van der Waals surface area contributed by atoms with E-state index in [1.165, 1.54) is 0 Å². The molecule has 1 aliphatic rings. The maximum absolute atomic E-state index is 10.8. The first-order valence-electron chi connectivity index (χ1n) is 5.69. The van der Waals surface area contributed by atoms with Crippen LogP contribution in [0.25, 0.3) is 0 Å². The SMILES string of the molecule is CC1OC(COS(N)(=O)=O)C(c2ccc(Cl)cc2Cl)O1. The Balaban J connectivity index is 2.19. The zero-order valence-electron chi connectivity index (χ0n) is 10.5. The topological polar surface area (TPSA) is 87.9 Å². The van der Waals surface area contributed by atoms with Gasteiger partial charge in [-0.2, -0.15) is 8.42 Å². The van der Waals surface area contributed by atoms with Crippen molar-refractivity contribution in [2.24, 2.45) is 5.14 Å². The van der Waals surface area contributed by atoms with Gasteiger partial charge in [0.05, 0.1) is 6.61 Å². The molecule has 1 aromatic rings. The van der Waals surface area contributed by atoms with Crippen LogP contribution in [0, 0.1) is 0 Å². The Morgan fingerprint density at radius 1 is 1.35 bits per heavy atom. The third-order valence-corrected chi connectivity index (χ3v) is 3.73. The molecule has 0 aromatic heterocycles. The van der Waals surface area contributed by atoms with Gasteiger partial charge < -0.3 is 9.47 Å². The van der Waals surface area contributed by atoms with Gasteiger partial charge in [-0.1, -0.05) is 29.3 Å². The van der Waals surface area contributed by atoms with Gasteiger partial charge in [-0.15, -0.1) is 0 Å². The van der Waals surface area contributed by atoms with E-state index in [1.54, 1.807) is 25.1 Å². The summed E-state index contributed by atoms with van der Waals surface area (Å²) >= 11 is 11.9. The molecule has 0 saturated carbocycles. The van der Waals surface area contributed by atoms with Gasteiger partial charge >= 0.3 is 10.3 Å². The Morgan fingerprint density at radius 2 is 2.05 bits per heavy atom. The summed E-state index contributed by atoms with van der Waals surface area (Å²) in [5, 5.41) is 5.68. The highest BCUT2D eigenvalue weighted by molar-refractivity contribution is 7.84. The lowest BCUT2D eigenvalue weighted by molar-refractivity contribution is -0.0549. The van der Waals surface area contributed by atoms with Gasteiger partial charge in [0.2, 0.25) is 0 Å². The average molecular weight is 342 g/mol. The summed E-state index contributed by atoms with van der Waals surface area (Å²) in [5.41, 5.74) is 0.642. The van der Waals surface area contributed by atoms with Crippen molar-refractivity contribution >= 4 is 33.5 Å². The molecule has 0 spiro atoms. The first-order chi connectivity index (χ1) is 9.26. The molecule has 1 aromatic carbocycles. The Bertz CT molecular complexity index is 594. The molecule has 112 valence electrons. The highest BCUT2D eigenvalue weighted by Gasteiger charge is 2.37. The Morgan fingerprint density at radius 3 is 2.65 bits per heavy atom. The zero-order chi connectivity index (χ0) is 14.9. The lowest BCUT2D eigenvalue weighted by Crippen LogP contribution is -2.27. The highest BCUT2D eigenvalue weighted by atomic mass is 35.5. The Hall–Kier alpha value is -0.410. The van der Waals surface area contributed by atoms with Crippen LogP contribution in [-0.2, 0) is 24.0 Å². The molecule has 6 nitrogen and oxygen atoms in total. The number of nitrogens with two attached hydrogens (primary N) is 1. The van der Waals surface area contributed by atoms with E-state index in [-0.39, 0.29) is 6.61 Å². The maximum atomic E-state index is 10.8. The van der Waals surface area contributed by atoms with Crippen LogP contribution in [0.5, 0.6) is 0 Å². The van der Waals surface area contributed by atoms with E-state index < -0.39 is 28.8 Å². The van der Waals surface area contributed by atoms with Crippen molar-refractivity contribution < 1.29 is 22.1 Å².